The molecule has 0 aliphatic carbocycles. The number of hydrogen-bond donors (Lipinski definition) is 1. The first kappa shape index (κ1) is 15.3. The minimum absolute atomic E-state index is 0.0574. The molecule has 0 unspecified atom stereocenters. The van der Waals surface area contributed by atoms with Crippen molar-refractivity contribution in [1.29, 1.82) is 0 Å². The molecule has 0 amide bonds. The van der Waals surface area contributed by atoms with Gasteiger partial charge in [0, 0.05) is 32.5 Å². The van der Waals surface area contributed by atoms with Gasteiger partial charge < -0.3 is 5.32 Å². The first-order valence-electron chi connectivity index (χ1n) is 5.74. The number of carbonyl (C=O) groups excluding carboxylic acids is 1. The first-order chi connectivity index (χ1) is 9.56. The molecule has 0 aliphatic rings. The number of benzene rings is 2. The molecule has 5 heteroatoms. The molecule has 0 spiro atoms. The van der Waals surface area contributed by atoms with Gasteiger partial charge in [0.25, 0.3) is 0 Å². The molecule has 0 heterocycles. The van der Waals surface area contributed by atoms with Crippen molar-refractivity contribution in [1.82, 2.24) is 0 Å². The van der Waals surface area contributed by atoms with Crippen molar-refractivity contribution in [2.24, 2.45) is 0 Å². The molecule has 2 nitrogen and oxygen atoms in total. The minimum atomic E-state index is -0.0574. The Hall–Kier alpha value is -1.10. The monoisotopic (exact) mass is 413 g/mol. The van der Waals surface area contributed by atoms with E-state index in [0.29, 0.717) is 10.6 Å². The van der Waals surface area contributed by atoms with Gasteiger partial charge in [0.2, 0.25) is 0 Å². The van der Waals surface area contributed by atoms with Crippen LogP contribution in [0.25, 0.3) is 0 Å². The van der Waals surface area contributed by atoms with Crippen molar-refractivity contribution < 1.29 is 4.79 Å². The Morgan fingerprint density at radius 1 is 1.10 bits per heavy atom. The van der Waals surface area contributed by atoms with Crippen LogP contribution in [-0.4, -0.2) is 5.78 Å². The molecule has 20 heavy (non-hydrogen) atoms. The molecule has 0 bridgehead atoms. The molecule has 0 fully saturated rings. The summed E-state index contributed by atoms with van der Waals surface area (Å²) in [7, 11) is 0. The van der Waals surface area contributed by atoms with Crippen molar-refractivity contribution in [3.8, 4) is 0 Å². The lowest BCUT2D eigenvalue weighted by molar-refractivity contribution is 0.104. The Morgan fingerprint density at radius 2 is 1.80 bits per heavy atom. The molecule has 102 valence electrons. The van der Waals surface area contributed by atoms with Gasteiger partial charge in [-0.05, 0) is 58.4 Å². The van der Waals surface area contributed by atoms with Crippen molar-refractivity contribution in [2.75, 3.05) is 5.32 Å². The average molecular weight is 416 g/mol. The van der Waals surface area contributed by atoms with Crippen LogP contribution >= 0.6 is 43.5 Å². The Labute approximate surface area is 139 Å². The van der Waals surface area contributed by atoms with Crippen LogP contribution in [0, 0.1) is 0 Å². The Balaban J connectivity index is 2.00. The zero-order valence-electron chi connectivity index (χ0n) is 10.2. The number of halogens is 3. The smallest absolute Gasteiger partial charge is 0.187 e. The van der Waals surface area contributed by atoms with E-state index < -0.39 is 0 Å². The number of anilines is 1. The van der Waals surface area contributed by atoms with Crippen LogP contribution in [0.2, 0.25) is 5.02 Å². The lowest BCUT2D eigenvalue weighted by atomic mass is 10.1. The van der Waals surface area contributed by atoms with E-state index in [-0.39, 0.29) is 5.78 Å². The van der Waals surface area contributed by atoms with Crippen LogP contribution in [0.4, 0.5) is 5.69 Å². The average Bonchev–Trinajstić information content (AvgIpc) is 2.43. The summed E-state index contributed by atoms with van der Waals surface area (Å²) in [5.41, 5.74) is 1.49. The van der Waals surface area contributed by atoms with E-state index >= 15 is 0 Å². The van der Waals surface area contributed by atoms with Gasteiger partial charge in [-0.1, -0.05) is 27.5 Å². The summed E-state index contributed by atoms with van der Waals surface area (Å²) in [6, 6.07) is 12.7. The molecule has 0 aliphatic heterocycles. The highest BCUT2D eigenvalue weighted by Crippen LogP contribution is 2.25. The van der Waals surface area contributed by atoms with Gasteiger partial charge in [-0.2, -0.15) is 0 Å². The van der Waals surface area contributed by atoms with Gasteiger partial charge in [0.05, 0.1) is 5.02 Å². The van der Waals surface area contributed by atoms with Crippen LogP contribution in [0.15, 0.2) is 63.7 Å². The maximum atomic E-state index is 11.9. The summed E-state index contributed by atoms with van der Waals surface area (Å²) in [5.74, 6) is -0.0574. The normalized spacial score (nSPS) is 10.8. The number of rotatable bonds is 4. The molecular formula is C15H10Br2ClNO. The van der Waals surface area contributed by atoms with E-state index in [1.165, 1.54) is 6.08 Å². The quantitative estimate of drug-likeness (QED) is 0.515. The summed E-state index contributed by atoms with van der Waals surface area (Å²) in [6.45, 7) is 0. The molecular weight excluding hydrogens is 405 g/mol. The highest BCUT2D eigenvalue weighted by molar-refractivity contribution is 9.10. The van der Waals surface area contributed by atoms with Crippen LogP contribution in [0.3, 0.4) is 0 Å². The highest BCUT2D eigenvalue weighted by atomic mass is 79.9. The third kappa shape index (κ3) is 4.20. The Kier molecular flexibility index (Phi) is 5.40. The van der Waals surface area contributed by atoms with Gasteiger partial charge in [0.1, 0.15) is 0 Å². The van der Waals surface area contributed by atoms with Crippen molar-refractivity contribution in [3.63, 3.8) is 0 Å². The van der Waals surface area contributed by atoms with E-state index in [2.05, 4.69) is 37.2 Å². The Morgan fingerprint density at radius 3 is 2.45 bits per heavy atom. The van der Waals surface area contributed by atoms with Crippen molar-refractivity contribution in [2.45, 2.75) is 0 Å². The first-order valence-corrected chi connectivity index (χ1v) is 7.71. The van der Waals surface area contributed by atoms with Gasteiger partial charge in [-0.3, -0.25) is 4.79 Å². The van der Waals surface area contributed by atoms with Gasteiger partial charge in [0.15, 0.2) is 5.78 Å². The van der Waals surface area contributed by atoms with E-state index in [1.807, 2.05) is 24.3 Å². The molecule has 0 radical (unpaired) electrons. The zero-order chi connectivity index (χ0) is 14.5. The Bertz CT molecular complexity index is 653. The van der Waals surface area contributed by atoms with E-state index in [0.717, 1.165) is 14.6 Å². The van der Waals surface area contributed by atoms with Crippen molar-refractivity contribution >= 4 is 54.9 Å². The van der Waals surface area contributed by atoms with E-state index in [4.69, 9.17) is 11.6 Å². The highest BCUT2D eigenvalue weighted by Gasteiger charge is 2.01. The lowest BCUT2D eigenvalue weighted by Crippen LogP contribution is -1.96. The summed E-state index contributed by atoms with van der Waals surface area (Å²) < 4.78 is 1.75. The fraction of sp³-hybridized carbons (Fsp3) is 0. The molecule has 1 N–H and O–H groups in total. The molecule has 0 saturated heterocycles. The predicted octanol–water partition coefficient (Wildman–Crippen LogP) is 5.67. The summed E-state index contributed by atoms with van der Waals surface area (Å²) in [6.07, 6.45) is 3.10. The number of hydrogen-bond acceptors (Lipinski definition) is 2. The maximum Gasteiger partial charge on any atom is 0.187 e. The number of allylic oxidation sites excluding steroid dienone is 1. The largest absolute Gasteiger partial charge is 0.362 e. The number of carbonyl (C=O) groups is 1. The van der Waals surface area contributed by atoms with Crippen molar-refractivity contribution in [3.05, 3.63) is 74.3 Å². The van der Waals surface area contributed by atoms with Crippen LogP contribution in [0.5, 0.6) is 0 Å². The second-order valence-corrected chi connectivity index (χ2v) is 6.15. The van der Waals surface area contributed by atoms with Crippen LogP contribution in [-0.2, 0) is 0 Å². The van der Waals surface area contributed by atoms with Crippen LogP contribution in [0.1, 0.15) is 10.4 Å². The molecule has 0 saturated carbocycles. The van der Waals surface area contributed by atoms with E-state index in [1.54, 1.807) is 24.4 Å². The summed E-state index contributed by atoms with van der Waals surface area (Å²) in [5, 5.41) is 3.67. The van der Waals surface area contributed by atoms with Gasteiger partial charge in [-0.25, -0.2) is 0 Å². The lowest BCUT2D eigenvalue weighted by Gasteiger charge is -2.02. The third-order valence-corrected chi connectivity index (χ3v) is 4.28. The van der Waals surface area contributed by atoms with E-state index in [9.17, 15) is 4.79 Å². The van der Waals surface area contributed by atoms with Crippen LogP contribution < -0.4 is 5.32 Å². The summed E-state index contributed by atoms with van der Waals surface area (Å²) >= 11 is 12.6. The second-order valence-electron chi connectivity index (χ2n) is 3.98. The SMILES string of the molecule is O=C(/C=C/Nc1ccc(Cl)c(Br)c1)c1ccc(Br)cc1. The molecule has 2 aromatic carbocycles. The number of ketones is 1. The summed E-state index contributed by atoms with van der Waals surface area (Å²) in [4.78, 5) is 11.9. The second kappa shape index (κ2) is 7.07. The topological polar surface area (TPSA) is 29.1 Å². The molecule has 0 atom stereocenters. The molecule has 2 rings (SSSR count). The molecule has 2 aromatic rings. The maximum absolute atomic E-state index is 11.9. The fourth-order valence-corrected chi connectivity index (χ4v) is 2.27. The third-order valence-electron chi connectivity index (χ3n) is 2.53. The minimum Gasteiger partial charge on any atom is -0.362 e. The number of nitrogens with one attached hydrogen (secondary N) is 1. The standard InChI is InChI=1S/C15H10Br2ClNO/c16-11-3-1-10(2-4-11)15(20)7-8-19-12-5-6-14(18)13(17)9-12/h1-9,19H/b8-7+. The van der Waals surface area contributed by atoms with Gasteiger partial charge >= 0.3 is 0 Å². The molecule has 0 aromatic heterocycles. The zero-order valence-corrected chi connectivity index (χ0v) is 14.2. The predicted molar refractivity (Wildman–Crippen MR) is 90.4 cm³/mol. The van der Waals surface area contributed by atoms with Gasteiger partial charge in [-0.15, -0.1) is 0 Å². The fourth-order valence-electron chi connectivity index (χ4n) is 1.51.